The average Bonchev–Trinajstić information content (AvgIpc) is 3.40. The number of carbonyl (C=O) groups excluding carboxylic acids is 1. The van der Waals surface area contributed by atoms with Gasteiger partial charge in [0.05, 0.1) is 17.8 Å². The van der Waals surface area contributed by atoms with Crippen molar-refractivity contribution in [2.75, 3.05) is 5.32 Å². The summed E-state index contributed by atoms with van der Waals surface area (Å²) in [6.45, 7) is 3.12. The SMILES string of the molecule is CC(C)(O)c1ncc([S@@](N)(=O)=NC(=O)Nc2c3c(c(C#N)c4c2CCC4)CCC3)s1. The Balaban J connectivity index is 1.69. The van der Waals surface area contributed by atoms with E-state index in [2.05, 4.69) is 20.7 Å². The number of thiazole rings is 1. The Labute approximate surface area is 179 Å². The predicted octanol–water partition coefficient (Wildman–Crippen LogP) is 3.15. The molecular formula is C20H23N5O3S2. The van der Waals surface area contributed by atoms with E-state index in [4.69, 9.17) is 5.14 Å². The Kier molecular flexibility index (Phi) is 5.18. The number of hydrogen-bond donors (Lipinski definition) is 3. The monoisotopic (exact) mass is 445 g/mol. The minimum Gasteiger partial charge on any atom is -0.383 e. The number of aromatic nitrogens is 1. The van der Waals surface area contributed by atoms with E-state index in [1.165, 1.54) is 6.20 Å². The Hall–Kier alpha value is -2.32. The second-order valence-electron chi connectivity index (χ2n) is 8.12. The molecule has 1 aromatic carbocycles. The molecule has 4 rings (SSSR count). The van der Waals surface area contributed by atoms with Gasteiger partial charge in [0.25, 0.3) is 0 Å². The van der Waals surface area contributed by atoms with E-state index in [9.17, 15) is 19.4 Å². The second kappa shape index (κ2) is 7.42. The van der Waals surface area contributed by atoms with Crippen molar-refractivity contribution in [2.45, 2.75) is 62.2 Å². The minimum atomic E-state index is -3.50. The molecule has 2 aliphatic carbocycles. The molecule has 0 saturated heterocycles. The van der Waals surface area contributed by atoms with Gasteiger partial charge in [-0.2, -0.15) is 5.26 Å². The van der Waals surface area contributed by atoms with Crippen molar-refractivity contribution in [1.82, 2.24) is 4.98 Å². The zero-order valence-electron chi connectivity index (χ0n) is 16.8. The molecule has 30 heavy (non-hydrogen) atoms. The first-order valence-electron chi connectivity index (χ1n) is 9.76. The normalized spacial score (nSPS) is 17.0. The number of nitrogens with two attached hydrogens (primary N) is 1. The van der Waals surface area contributed by atoms with Gasteiger partial charge in [-0.1, -0.05) is 0 Å². The highest BCUT2D eigenvalue weighted by atomic mass is 32.2. The first kappa shape index (κ1) is 20.9. The Morgan fingerprint density at radius 2 is 1.83 bits per heavy atom. The standard InChI is InChI=1S/C20H23N5O3S2/c1-20(2,27)18-23-10-16(29-18)30(22,28)25-19(26)24-17-13-7-3-5-11(13)15(9-21)12-6-4-8-14(12)17/h10,27H,3-8H2,1-2H3,(H3,22,24,25,26,28)/t30-/m0/s1. The maximum atomic E-state index is 12.9. The van der Waals surface area contributed by atoms with E-state index in [1.54, 1.807) is 13.8 Å². The number of nitrogens with one attached hydrogen (secondary N) is 1. The number of hydrogen-bond acceptors (Lipinski definition) is 6. The van der Waals surface area contributed by atoms with E-state index in [1.807, 2.05) is 0 Å². The summed E-state index contributed by atoms with van der Waals surface area (Å²) in [6.07, 6.45) is 6.36. The molecule has 8 nitrogen and oxygen atoms in total. The molecule has 4 N–H and O–H groups in total. The van der Waals surface area contributed by atoms with Gasteiger partial charge in [-0.05, 0) is 74.6 Å². The predicted molar refractivity (Wildman–Crippen MR) is 115 cm³/mol. The van der Waals surface area contributed by atoms with Crippen LogP contribution in [0.5, 0.6) is 0 Å². The van der Waals surface area contributed by atoms with Crippen LogP contribution in [0.15, 0.2) is 14.8 Å². The third-order valence-corrected chi connectivity index (χ3v) is 8.69. The van der Waals surface area contributed by atoms with Crippen molar-refractivity contribution < 1.29 is 14.1 Å². The first-order valence-corrected chi connectivity index (χ1v) is 12.2. The van der Waals surface area contributed by atoms with Crippen LogP contribution in [0.2, 0.25) is 0 Å². The average molecular weight is 446 g/mol. The summed E-state index contributed by atoms with van der Waals surface area (Å²) < 4.78 is 16.8. The fourth-order valence-electron chi connectivity index (χ4n) is 4.22. The molecule has 2 aromatic rings. The van der Waals surface area contributed by atoms with Gasteiger partial charge >= 0.3 is 6.03 Å². The van der Waals surface area contributed by atoms with Crippen molar-refractivity contribution in [3.63, 3.8) is 0 Å². The minimum absolute atomic E-state index is 0.130. The summed E-state index contributed by atoms with van der Waals surface area (Å²) in [6, 6.07) is 1.57. The largest absolute Gasteiger partial charge is 0.383 e. The third-order valence-electron chi connectivity index (χ3n) is 5.50. The smallest absolute Gasteiger partial charge is 0.354 e. The summed E-state index contributed by atoms with van der Waals surface area (Å²) in [5.74, 6) is 0. The summed E-state index contributed by atoms with van der Waals surface area (Å²) in [7, 11) is -3.50. The number of rotatable bonds is 3. The summed E-state index contributed by atoms with van der Waals surface area (Å²) in [5.41, 5.74) is 4.27. The van der Waals surface area contributed by atoms with Gasteiger partial charge in [0.2, 0.25) is 0 Å². The van der Waals surface area contributed by atoms with E-state index >= 15 is 0 Å². The van der Waals surface area contributed by atoms with Gasteiger partial charge in [-0.3, -0.25) is 0 Å². The quantitative estimate of drug-likeness (QED) is 0.665. The molecule has 2 amide bonds. The van der Waals surface area contributed by atoms with Gasteiger partial charge in [0, 0.05) is 5.69 Å². The summed E-state index contributed by atoms with van der Waals surface area (Å²) in [4.78, 5) is 16.7. The molecular weight excluding hydrogens is 422 g/mol. The van der Waals surface area contributed by atoms with Crippen LogP contribution in [-0.4, -0.2) is 20.3 Å². The maximum absolute atomic E-state index is 12.9. The van der Waals surface area contributed by atoms with Crippen LogP contribution in [-0.2, 0) is 41.2 Å². The van der Waals surface area contributed by atoms with Crippen molar-refractivity contribution in [2.24, 2.45) is 9.50 Å². The Morgan fingerprint density at radius 1 is 1.27 bits per heavy atom. The molecule has 0 unspecified atom stereocenters. The lowest BCUT2D eigenvalue weighted by Crippen LogP contribution is -2.18. The van der Waals surface area contributed by atoms with Gasteiger partial charge < -0.3 is 10.4 Å². The van der Waals surface area contributed by atoms with Gasteiger partial charge in [-0.15, -0.1) is 15.7 Å². The number of fused-ring (bicyclic) bond motifs is 2. The second-order valence-corrected chi connectivity index (χ2v) is 11.2. The molecule has 0 bridgehead atoms. The van der Waals surface area contributed by atoms with Crippen molar-refractivity contribution in [3.8, 4) is 6.07 Å². The number of benzene rings is 1. The van der Waals surface area contributed by atoms with Crippen LogP contribution in [0.1, 0.15) is 59.5 Å². The van der Waals surface area contributed by atoms with Crippen LogP contribution >= 0.6 is 11.3 Å². The molecule has 10 heteroatoms. The molecule has 0 saturated carbocycles. The number of nitrogens with zero attached hydrogens (tertiary/aromatic N) is 3. The highest BCUT2D eigenvalue weighted by Crippen LogP contribution is 2.41. The Bertz CT molecular complexity index is 1180. The molecule has 0 fully saturated rings. The van der Waals surface area contributed by atoms with E-state index in [0.29, 0.717) is 10.7 Å². The highest BCUT2D eigenvalue weighted by Gasteiger charge is 2.30. The summed E-state index contributed by atoms with van der Waals surface area (Å²) in [5, 5.41) is 28.7. The maximum Gasteiger partial charge on any atom is 0.354 e. The lowest BCUT2D eigenvalue weighted by molar-refractivity contribution is 0.0783. The van der Waals surface area contributed by atoms with Gasteiger partial charge in [-0.25, -0.2) is 19.1 Å². The molecule has 1 heterocycles. The van der Waals surface area contributed by atoms with Crippen molar-refractivity contribution >= 4 is 33.0 Å². The number of anilines is 1. The van der Waals surface area contributed by atoms with E-state index in [0.717, 1.165) is 77.7 Å². The molecule has 0 radical (unpaired) electrons. The lowest BCUT2D eigenvalue weighted by Gasteiger charge is -2.17. The van der Waals surface area contributed by atoms with E-state index in [-0.39, 0.29) is 4.21 Å². The van der Waals surface area contributed by atoms with E-state index < -0.39 is 21.5 Å². The molecule has 1 aromatic heterocycles. The third kappa shape index (κ3) is 3.63. The highest BCUT2D eigenvalue weighted by molar-refractivity contribution is 7.93. The van der Waals surface area contributed by atoms with Crippen LogP contribution in [0, 0.1) is 11.3 Å². The number of aliphatic hydroxyl groups is 1. The van der Waals surface area contributed by atoms with Crippen molar-refractivity contribution in [3.05, 3.63) is 39.0 Å². The number of amides is 2. The summed E-state index contributed by atoms with van der Waals surface area (Å²) >= 11 is 0.969. The zero-order valence-corrected chi connectivity index (χ0v) is 18.5. The van der Waals surface area contributed by atoms with Gasteiger partial charge in [0.15, 0.2) is 9.92 Å². The fraction of sp³-hybridized carbons (Fsp3) is 0.450. The van der Waals surface area contributed by atoms with Crippen molar-refractivity contribution in [1.29, 1.82) is 5.26 Å². The number of urea groups is 1. The van der Waals surface area contributed by atoms with Gasteiger partial charge in [0.1, 0.15) is 14.8 Å². The fourth-order valence-corrected chi connectivity index (χ4v) is 6.28. The van der Waals surface area contributed by atoms with Crippen LogP contribution in [0.3, 0.4) is 0 Å². The molecule has 158 valence electrons. The Morgan fingerprint density at radius 3 is 2.33 bits per heavy atom. The molecule has 1 atom stereocenters. The van der Waals surface area contributed by atoms with Crippen LogP contribution in [0.25, 0.3) is 0 Å². The molecule has 2 aliphatic rings. The number of carbonyl (C=O) groups is 1. The van der Waals surface area contributed by atoms with Crippen LogP contribution in [0.4, 0.5) is 10.5 Å². The topological polar surface area (TPSA) is 141 Å². The first-order chi connectivity index (χ1) is 14.1. The lowest BCUT2D eigenvalue weighted by atomic mass is 9.93. The number of nitriles is 1. The zero-order chi connectivity index (χ0) is 21.7. The molecule has 0 aliphatic heterocycles. The van der Waals surface area contributed by atoms with Crippen LogP contribution < -0.4 is 10.5 Å². The molecule has 0 spiro atoms.